The summed E-state index contributed by atoms with van der Waals surface area (Å²) in [5.41, 5.74) is 0.177. The summed E-state index contributed by atoms with van der Waals surface area (Å²) < 4.78 is 12.7. The monoisotopic (exact) mass is 280 g/mol. The second kappa shape index (κ2) is 5.90. The van der Waals surface area contributed by atoms with Gasteiger partial charge in [0.05, 0.1) is 6.42 Å². The Hall–Kier alpha value is -2.11. The van der Waals surface area contributed by atoms with Crippen LogP contribution in [0.2, 0.25) is 0 Å². The minimum absolute atomic E-state index is 0.0732. The lowest BCUT2D eigenvalue weighted by atomic mass is 9.66. The summed E-state index contributed by atoms with van der Waals surface area (Å²) in [6.07, 6.45) is 2.70. The van der Waals surface area contributed by atoms with Crippen LogP contribution in [0, 0.1) is 11.2 Å². The van der Waals surface area contributed by atoms with E-state index < -0.39 is 12.0 Å². The number of urea groups is 1. The van der Waals surface area contributed by atoms with Crippen molar-refractivity contribution < 1.29 is 19.1 Å². The molecule has 0 spiro atoms. The first-order valence-corrected chi connectivity index (χ1v) is 6.51. The molecule has 3 N–H and O–H groups in total. The number of carbonyl (C=O) groups excluding carboxylic acids is 1. The Labute approximate surface area is 116 Å². The Balaban J connectivity index is 1.82. The zero-order valence-corrected chi connectivity index (χ0v) is 11.0. The van der Waals surface area contributed by atoms with Gasteiger partial charge in [0.2, 0.25) is 0 Å². The van der Waals surface area contributed by atoms with Crippen molar-refractivity contribution in [3.05, 3.63) is 30.1 Å². The van der Waals surface area contributed by atoms with Crippen LogP contribution in [0.1, 0.15) is 25.7 Å². The van der Waals surface area contributed by atoms with Gasteiger partial charge in [-0.1, -0.05) is 6.42 Å². The largest absolute Gasteiger partial charge is 0.481 e. The number of rotatable bonds is 5. The van der Waals surface area contributed by atoms with Gasteiger partial charge in [-0.3, -0.25) is 4.79 Å². The number of halogens is 1. The van der Waals surface area contributed by atoms with Crippen molar-refractivity contribution in [2.75, 3.05) is 11.9 Å². The minimum atomic E-state index is -0.842. The first-order valence-electron chi connectivity index (χ1n) is 6.51. The SMILES string of the molecule is O=C(O)CC1(CNC(=O)Nc2ccc(F)cc2)CCC1. The van der Waals surface area contributed by atoms with Gasteiger partial charge < -0.3 is 15.7 Å². The first kappa shape index (κ1) is 14.3. The molecule has 1 aliphatic carbocycles. The molecule has 0 aromatic heterocycles. The topological polar surface area (TPSA) is 78.4 Å². The van der Waals surface area contributed by atoms with Crippen LogP contribution in [0.3, 0.4) is 0 Å². The predicted molar refractivity (Wildman–Crippen MR) is 72.0 cm³/mol. The van der Waals surface area contributed by atoms with Gasteiger partial charge in [-0.05, 0) is 42.5 Å². The molecule has 108 valence electrons. The summed E-state index contributed by atoms with van der Waals surface area (Å²) in [6, 6.07) is 5.03. The lowest BCUT2D eigenvalue weighted by Gasteiger charge is -2.40. The van der Waals surface area contributed by atoms with Gasteiger partial charge >= 0.3 is 12.0 Å². The fraction of sp³-hybridized carbons (Fsp3) is 0.429. The molecule has 2 rings (SSSR count). The molecule has 0 atom stereocenters. The van der Waals surface area contributed by atoms with Gasteiger partial charge in [0.25, 0.3) is 0 Å². The summed E-state index contributed by atoms with van der Waals surface area (Å²) in [6.45, 7) is 0.340. The molecule has 0 aliphatic heterocycles. The average molecular weight is 280 g/mol. The van der Waals surface area contributed by atoms with E-state index in [1.54, 1.807) is 0 Å². The quantitative estimate of drug-likeness (QED) is 0.775. The third-order valence-electron chi connectivity index (χ3n) is 3.67. The number of carboxylic acid groups (broad SMARTS) is 1. The van der Waals surface area contributed by atoms with E-state index in [1.165, 1.54) is 24.3 Å². The zero-order chi connectivity index (χ0) is 14.6. The van der Waals surface area contributed by atoms with E-state index in [4.69, 9.17) is 5.11 Å². The second-order valence-corrected chi connectivity index (χ2v) is 5.24. The van der Waals surface area contributed by atoms with E-state index in [1.807, 2.05) is 0 Å². The van der Waals surface area contributed by atoms with Crippen LogP contribution in [0.25, 0.3) is 0 Å². The molecule has 0 heterocycles. The Kier molecular flexibility index (Phi) is 4.22. The summed E-state index contributed by atoms with van der Waals surface area (Å²) >= 11 is 0. The number of carbonyl (C=O) groups is 2. The van der Waals surface area contributed by atoms with Crippen LogP contribution in [-0.4, -0.2) is 23.7 Å². The van der Waals surface area contributed by atoms with E-state index >= 15 is 0 Å². The minimum Gasteiger partial charge on any atom is -0.481 e. The van der Waals surface area contributed by atoms with Crippen LogP contribution < -0.4 is 10.6 Å². The van der Waals surface area contributed by atoms with Crippen molar-refractivity contribution in [3.63, 3.8) is 0 Å². The van der Waals surface area contributed by atoms with Crippen molar-refractivity contribution >= 4 is 17.7 Å². The number of anilines is 1. The Bertz CT molecular complexity index is 498. The highest BCUT2D eigenvalue weighted by Gasteiger charge is 2.39. The third kappa shape index (κ3) is 3.69. The normalized spacial score (nSPS) is 16.1. The number of nitrogens with one attached hydrogen (secondary N) is 2. The average Bonchev–Trinajstić information content (AvgIpc) is 2.35. The molecule has 1 fully saturated rings. The summed E-state index contributed by atoms with van der Waals surface area (Å²) in [7, 11) is 0. The van der Waals surface area contributed by atoms with Crippen LogP contribution >= 0.6 is 0 Å². The summed E-state index contributed by atoms with van der Waals surface area (Å²) in [4.78, 5) is 22.5. The van der Waals surface area contributed by atoms with Gasteiger partial charge in [0, 0.05) is 12.2 Å². The van der Waals surface area contributed by atoms with E-state index in [-0.39, 0.29) is 17.7 Å². The van der Waals surface area contributed by atoms with Crippen LogP contribution in [0.5, 0.6) is 0 Å². The van der Waals surface area contributed by atoms with Crippen LogP contribution in [0.4, 0.5) is 14.9 Å². The number of hydrogen-bond donors (Lipinski definition) is 3. The molecule has 1 aliphatic rings. The highest BCUT2D eigenvalue weighted by molar-refractivity contribution is 5.89. The van der Waals surface area contributed by atoms with Crippen molar-refractivity contribution in [2.45, 2.75) is 25.7 Å². The van der Waals surface area contributed by atoms with Gasteiger partial charge in [0.15, 0.2) is 0 Å². The van der Waals surface area contributed by atoms with Crippen LogP contribution in [0.15, 0.2) is 24.3 Å². The molecule has 0 bridgehead atoms. The summed E-state index contributed by atoms with van der Waals surface area (Å²) in [5, 5.41) is 14.1. The molecule has 1 aromatic rings. The third-order valence-corrected chi connectivity index (χ3v) is 3.67. The standard InChI is InChI=1S/C14H17FN2O3/c15-10-2-4-11(5-3-10)17-13(20)16-9-14(6-1-7-14)8-12(18)19/h2-5H,1,6-9H2,(H,18,19)(H2,16,17,20). The molecule has 1 aromatic carbocycles. The molecular formula is C14H17FN2O3. The Morgan fingerprint density at radius 2 is 1.90 bits per heavy atom. The number of hydrogen-bond acceptors (Lipinski definition) is 2. The molecule has 0 radical (unpaired) electrons. The van der Waals surface area contributed by atoms with Crippen molar-refractivity contribution in [1.29, 1.82) is 0 Å². The van der Waals surface area contributed by atoms with Gasteiger partial charge in [-0.15, -0.1) is 0 Å². The Morgan fingerprint density at radius 1 is 1.25 bits per heavy atom. The maximum Gasteiger partial charge on any atom is 0.319 e. The highest BCUT2D eigenvalue weighted by Crippen LogP contribution is 2.43. The lowest BCUT2D eigenvalue weighted by molar-refractivity contribution is -0.141. The molecule has 5 nitrogen and oxygen atoms in total. The smallest absolute Gasteiger partial charge is 0.319 e. The number of benzene rings is 1. The number of carboxylic acids is 1. The van der Waals surface area contributed by atoms with Gasteiger partial charge in [-0.25, -0.2) is 9.18 Å². The fourth-order valence-corrected chi connectivity index (χ4v) is 2.39. The van der Waals surface area contributed by atoms with E-state index in [0.29, 0.717) is 12.2 Å². The first-order chi connectivity index (χ1) is 9.49. The predicted octanol–water partition coefficient (Wildman–Crippen LogP) is 2.59. The van der Waals surface area contributed by atoms with E-state index in [9.17, 15) is 14.0 Å². The maximum absolute atomic E-state index is 12.7. The van der Waals surface area contributed by atoms with E-state index in [0.717, 1.165) is 19.3 Å². The lowest BCUT2D eigenvalue weighted by Crippen LogP contribution is -2.44. The molecule has 6 heteroatoms. The zero-order valence-electron chi connectivity index (χ0n) is 11.0. The molecular weight excluding hydrogens is 263 g/mol. The molecule has 2 amide bonds. The number of amides is 2. The molecule has 20 heavy (non-hydrogen) atoms. The van der Waals surface area contributed by atoms with Crippen molar-refractivity contribution in [1.82, 2.24) is 5.32 Å². The molecule has 0 saturated heterocycles. The Morgan fingerprint density at radius 3 is 2.40 bits per heavy atom. The van der Waals surface area contributed by atoms with Gasteiger partial charge in [-0.2, -0.15) is 0 Å². The number of aliphatic carboxylic acids is 1. The van der Waals surface area contributed by atoms with Gasteiger partial charge in [0.1, 0.15) is 5.82 Å². The van der Waals surface area contributed by atoms with Crippen LogP contribution in [-0.2, 0) is 4.79 Å². The van der Waals surface area contributed by atoms with E-state index in [2.05, 4.69) is 10.6 Å². The molecule has 0 unspecified atom stereocenters. The molecule has 1 saturated carbocycles. The van der Waals surface area contributed by atoms with Crippen molar-refractivity contribution in [3.8, 4) is 0 Å². The summed E-state index contributed by atoms with van der Waals surface area (Å²) in [5.74, 6) is -1.21. The fourth-order valence-electron chi connectivity index (χ4n) is 2.39. The second-order valence-electron chi connectivity index (χ2n) is 5.24. The van der Waals surface area contributed by atoms with Crippen molar-refractivity contribution in [2.24, 2.45) is 5.41 Å². The maximum atomic E-state index is 12.7. The highest BCUT2D eigenvalue weighted by atomic mass is 19.1.